The lowest BCUT2D eigenvalue weighted by Gasteiger charge is -2.34. The maximum atomic E-state index is 14.4. The van der Waals surface area contributed by atoms with E-state index in [0.717, 1.165) is 37.9 Å². The number of rotatable bonds is 19. The third-order valence-electron chi connectivity index (χ3n) is 9.54. The molecule has 0 heterocycles. The van der Waals surface area contributed by atoms with Gasteiger partial charge in [0.2, 0.25) is 11.8 Å². The molecule has 302 valence electrons. The zero-order valence-electron chi connectivity index (χ0n) is 32.7. The lowest BCUT2D eigenvalue weighted by Crippen LogP contribution is -2.59. The molecule has 0 saturated heterocycles. The molecule has 2 unspecified atom stereocenters. The molecule has 0 saturated carbocycles. The Morgan fingerprint density at radius 1 is 0.702 bits per heavy atom. The molecule has 4 amide bonds. The molecular weight excluding hydrogens is 792 g/mol. The van der Waals surface area contributed by atoms with E-state index in [0.29, 0.717) is 13.2 Å². The van der Waals surface area contributed by atoms with Crippen LogP contribution in [0.15, 0.2) is 108 Å². The summed E-state index contributed by atoms with van der Waals surface area (Å²) in [4.78, 5) is 56.5. The van der Waals surface area contributed by atoms with Gasteiger partial charge < -0.3 is 39.8 Å². The van der Waals surface area contributed by atoms with Gasteiger partial charge >= 0.3 is 12.2 Å². The molecule has 0 bridgehead atoms. The topological polar surface area (TPSA) is 145 Å². The number of carbonyl (C=O) groups is 4. The minimum absolute atomic E-state index is 0.0460. The number of hydrogen-bond acceptors (Lipinski definition) is 8. The Balaban J connectivity index is 1.33. The average molecular weight is 844 g/mol. The van der Waals surface area contributed by atoms with Gasteiger partial charge in [-0.2, -0.15) is 0 Å². The van der Waals surface area contributed by atoms with E-state index in [9.17, 15) is 19.2 Å². The van der Waals surface area contributed by atoms with Gasteiger partial charge in [0.1, 0.15) is 25.3 Å². The number of alkyl carbamates (subject to hydrolysis) is 2. The van der Waals surface area contributed by atoms with Crippen molar-refractivity contribution in [2.75, 3.05) is 32.9 Å². The molecule has 1 aliphatic carbocycles. The summed E-state index contributed by atoms with van der Waals surface area (Å²) < 4.78 is 23.5. The number of nitrogens with one attached hydrogen (secondary N) is 3. The van der Waals surface area contributed by atoms with Crippen LogP contribution in [-0.4, -0.2) is 86.2 Å². The van der Waals surface area contributed by atoms with E-state index >= 15 is 0 Å². The quantitative estimate of drug-likeness (QED) is 0.0862. The van der Waals surface area contributed by atoms with Crippen LogP contribution in [-0.2, 0) is 41.6 Å². The van der Waals surface area contributed by atoms with Gasteiger partial charge in [-0.1, -0.05) is 107 Å². The highest BCUT2D eigenvalue weighted by Gasteiger charge is 2.34. The number of hydrogen-bond donors (Lipinski definition) is 3. The first-order valence-electron chi connectivity index (χ1n) is 19.2. The number of halogens is 1. The first-order chi connectivity index (χ1) is 27.6. The summed E-state index contributed by atoms with van der Waals surface area (Å²) >= 11 is 3.45. The van der Waals surface area contributed by atoms with Crippen LogP contribution in [0.2, 0.25) is 0 Å². The highest BCUT2D eigenvalue weighted by atomic mass is 79.9. The van der Waals surface area contributed by atoms with Gasteiger partial charge in [-0.25, -0.2) is 9.59 Å². The van der Waals surface area contributed by atoms with Crippen LogP contribution in [0, 0.1) is 0 Å². The maximum Gasteiger partial charge on any atom is 0.408 e. The Kier molecular flexibility index (Phi) is 16.1. The van der Waals surface area contributed by atoms with Crippen LogP contribution in [0.25, 0.3) is 11.1 Å². The van der Waals surface area contributed by atoms with Gasteiger partial charge in [0, 0.05) is 36.1 Å². The molecule has 3 N–H and O–H groups in total. The van der Waals surface area contributed by atoms with Crippen molar-refractivity contribution >= 4 is 39.9 Å². The van der Waals surface area contributed by atoms with E-state index in [2.05, 4.69) is 31.9 Å². The van der Waals surface area contributed by atoms with Gasteiger partial charge in [-0.15, -0.1) is 0 Å². The number of amides is 4. The molecule has 0 spiro atoms. The summed E-state index contributed by atoms with van der Waals surface area (Å²) in [6.45, 7) is 7.99. The monoisotopic (exact) mass is 842 g/mol. The molecule has 0 aliphatic heterocycles. The summed E-state index contributed by atoms with van der Waals surface area (Å²) in [5.41, 5.74) is 5.82. The molecule has 0 fully saturated rings. The van der Waals surface area contributed by atoms with E-state index < -0.39 is 36.5 Å². The Hall–Kier alpha value is -5.24. The Labute approximate surface area is 342 Å². The average Bonchev–Trinajstić information content (AvgIpc) is 3.53. The van der Waals surface area contributed by atoms with Gasteiger partial charge in [-0.3, -0.25) is 9.59 Å². The van der Waals surface area contributed by atoms with Gasteiger partial charge in [0.05, 0.1) is 13.1 Å². The Morgan fingerprint density at radius 2 is 1.30 bits per heavy atom. The van der Waals surface area contributed by atoms with Crippen molar-refractivity contribution in [3.63, 3.8) is 0 Å². The zero-order valence-corrected chi connectivity index (χ0v) is 34.3. The SMILES string of the molecule is CCOC(CN(C(=O)C(Cc1ccc(Br)cc1)NC(=O)C(CNC(=O)OCC1c2ccccc2-c2ccccc21)NC(=O)OCc1ccccc1)C(C)C)OCC. The molecule has 12 nitrogen and oxygen atoms in total. The Morgan fingerprint density at radius 3 is 1.89 bits per heavy atom. The molecule has 4 aromatic carbocycles. The minimum Gasteiger partial charge on any atom is -0.449 e. The van der Waals surface area contributed by atoms with Crippen molar-refractivity contribution in [3.05, 3.63) is 130 Å². The van der Waals surface area contributed by atoms with Gasteiger partial charge in [0.15, 0.2) is 6.29 Å². The van der Waals surface area contributed by atoms with Crippen LogP contribution in [0.1, 0.15) is 55.9 Å². The van der Waals surface area contributed by atoms with E-state index in [4.69, 9.17) is 18.9 Å². The molecule has 2 atom stereocenters. The highest BCUT2D eigenvalue weighted by Crippen LogP contribution is 2.44. The second-order valence-electron chi connectivity index (χ2n) is 13.8. The van der Waals surface area contributed by atoms with Crippen molar-refractivity contribution in [3.8, 4) is 11.1 Å². The maximum absolute atomic E-state index is 14.4. The number of ether oxygens (including phenoxy) is 4. The predicted octanol–water partition coefficient (Wildman–Crippen LogP) is 6.95. The fraction of sp³-hybridized carbons (Fsp3) is 0.364. The smallest absolute Gasteiger partial charge is 0.408 e. The number of benzene rings is 4. The molecule has 1 aliphatic rings. The number of fused-ring (bicyclic) bond motifs is 3. The van der Waals surface area contributed by atoms with Crippen molar-refractivity contribution < 1.29 is 38.1 Å². The normalized spacial score (nSPS) is 13.0. The molecule has 13 heteroatoms. The van der Waals surface area contributed by atoms with Crippen LogP contribution in [0.3, 0.4) is 0 Å². The first-order valence-corrected chi connectivity index (χ1v) is 20.0. The zero-order chi connectivity index (χ0) is 40.7. The largest absolute Gasteiger partial charge is 0.449 e. The van der Waals surface area contributed by atoms with Crippen molar-refractivity contribution in [1.82, 2.24) is 20.9 Å². The van der Waals surface area contributed by atoms with Crippen LogP contribution in [0.5, 0.6) is 0 Å². The summed E-state index contributed by atoms with van der Waals surface area (Å²) in [5.74, 6) is -1.26. The number of carbonyl (C=O) groups excluding carboxylic acids is 4. The van der Waals surface area contributed by atoms with E-state index in [1.54, 1.807) is 17.0 Å². The minimum atomic E-state index is -1.35. The van der Waals surface area contributed by atoms with Crippen molar-refractivity contribution in [2.45, 2.75) is 71.1 Å². The third kappa shape index (κ3) is 12.1. The molecular formula is C44H51BrN4O8. The van der Waals surface area contributed by atoms with E-state index in [1.807, 2.05) is 119 Å². The standard InChI is InChI=1S/C44H51BrN4O8/c1-5-54-40(55-6-2)26-49(29(3)4)42(51)38(24-30-20-22-32(45)23-21-30)47-41(50)39(48-44(53)56-27-31-14-8-7-9-15-31)25-46-43(52)57-28-37-35-18-12-10-16-33(35)34-17-11-13-19-36(34)37/h7-23,29,37-40H,5-6,24-28H2,1-4H3,(H,46,52)(H,47,50)(H,48,53). The lowest BCUT2D eigenvalue weighted by molar-refractivity contribution is -0.163. The van der Waals surface area contributed by atoms with Crippen LogP contribution in [0.4, 0.5) is 9.59 Å². The summed E-state index contributed by atoms with van der Waals surface area (Å²) in [6.07, 6.45) is -2.20. The van der Waals surface area contributed by atoms with Crippen molar-refractivity contribution in [2.24, 2.45) is 0 Å². The van der Waals surface area contributed by atoms with Crippen molar-refractivity contribution in [1.29, 1.82) is 0 Å². The lowest BCUT2D eigenvalue weighted by atomic mass is 9.98. The summed E-state index contributed by atoms with van der Waals surface area (Å²) in [5, 5.41) is 8.10. The molecule has 0 radical (unpaired) electrons. The summed E-state index contributed by atoms with van der Waals surface area (Å²) in [6, 6.07) is 29.8. The van der Waals surface area contributed by atoms with Gasteiger partial charge in [0.25, 0.3) is 0 Å². The third-order valence-corrected chi connectivity index (χ3v) is 10.1. The fourth-order valence-corrected chi connectivity index (χ4v) is 6.99. The molecule has 57 heavy (non-hydrogen) atoms. The molecule has 5 rings (SSSR count). The fourth-order valence-electron chi connectivity index (χ4n) is 6.72. The van der Waals surface area contributed by atoms with Crippen LogP contribution >= 0.6 is 15.9 Å². The predicted molar refractivity (Wildman–Crippen MR) is 220 cm³/mol. The highest BCUT2D eigenvalue weighted by molar-refractivity contribution is 9.10. The number of nitrogens with zero attached hydrogens (tertiary/aromatic N) is 1. The van der Waals surface area contributed by atoms with Gasteiger partial charge in [-0.05, 0) is 73.2 Å². The second kappa shape index (κ2) is 21.3. The molecule has 4 aromatic rings. The van der Waals surface area contributed by atoms with E-state index in [-0.39, 0.29) is 50.6 Å². The Bertz CT molecular complexity index is 1890. The summed E-state index contributed by atoms with van der Waals surface area (Å²) in [7, 11) is 0. The molecule has 0 aromatic heterocycles. The first kappa shape index (κ1) is 42.9. The van der Waals surface area contributed by atoms with Crippen LogP contribution < -0.4 is 16.0 Å². The van der Waals surface area contributed by atoms with E-state index in [1.165, 1.54) is 0 Å². The second-order valence-corrected chi connectivity index (χ2v) is 14.7.